The number of hydrogen-bond acceptors (Lipinski definition) is 6. The maximum Gasteiger partial charge on any atom is 0.273 e. The number of phenols is 1. The second-order valence-electron chi connectivity index (χ2n) is 9.65. The minimum atomic E-state index is -0.309. The number of carbonyl (C=O) groups is 2. The van der Waals surface area contributed by atoms with Crippen LogP contribution in [0.1, 0.15) is 78.7 Å². The second kappa shape index (κ2) is 9.95. The Morgan fingerprint density at radius 3 is 2.58 bits per heavy atom. The van der Waals surface area contributed by atoms with Gasteiger partial charge in [-0.05, 0) is 55.2 Å². The number of benzene rings is 1. The van der Waals surface area contributed by atoms with E-state index in [0.717, 1.165) is 29.7 Å². The fourth-order valence-corrected chi connectivity index (χ4v) is 4.47. The number of likely N-dealkylation sites (tertiary alicyclic amines) is 1. The van der Waals surface area contributed by atoms with E-state index in [2.05, 4.69) is 10.5 Å². The van der Waals surface area contributed by atoms with Gasteiger partial charge >= 0.3 is 0 Å². The molecule has 0 unspecified atom stereocenters. The second-order valence-corrected chi connectivity index (χ2v) is 9.65. The predicted octanol–water partition coefficient (Wildman–Crippen LogP) is 2.92. The minimum Gasteiger partial charge on any atom is -0.508 e. The lowest BCUT2D eigenvalue weighted by atomic mass is 9.93. The Morgan fingerprint density at radius 1 is 1.21 bits per heavy atom. The molecule has 2 amide bonds. The van der Waals surface area contributed by atoms with Gasteiger partial charge in [0.1, 0.15) is 11.5 Å². The largest absolute Gasteiger partial charge is 0.508 e. The molecular formula is C25H34N4O4. The Labute approximate surface area is 194 Å². The number of nitrogens with two attached hydrogens (primary N) is 1. The summed E-state index contributed by atoms with van der Waals surface area (Å²) in [5.74, 6) is 1.21. The molecule has 1 aliphatic carbocycles. The predicted molar refractivity (Wildman–Crippen MR) is 124 cm³/mol. The highest BCUT2D eigenvalue weighted by molar-refractivity contribution is 5.92. The van der Waals surface area contributed by atoms with Crippen molar-refractivity contribution in [3.8, 4) is 5.75 Å². The highest BCUT2D eigenvalue weighted by Crippen LogP contribution is 2.40. The van der Waals surface area contributed by atoms with Crippen LogP contribution >= 0.6 is 0 Å². The Balaban J connectivity index is 1.29. The van der Waals surface area contributed by atoms with Crippen LogP contribution in [0.15, 0.2) is 28.8 Å². The highest BCUT2D eigenvalue weighted by atomic mass is 16.5. The van der Waals surface area contributed by atoms with Crippen molar-refractivity contribution in [3.05, 3.63) is 46.8 Å². The van der Waals surface area contributed by atoms with E-state index in [1.165, 1.54) is 0 Å². The average Bonchev–Trinajstić information content (AvgIpc) is 3.54. The van der Waals surface area contributed by atoms with Gasteiger partial charge in [0, 0.05) is 37.7 Å². The molecule has 1 saturated heterocycles. The van der Waals surface area contributed by atoms with Crippen LogP contribution in [0.5, 0.6) is 5.75 Å². The van der Waals surface area contributed by atoms with E-state index in [1.54, 1.807) is 12.1 Å². The van der Waals surface area contributed by atoms with Gasteiger partial charge < -0.3 is 25.6 Å². The van der Waals surface area contributed by atoms with Crippen LogP contribution in [0.4, 0.5) is 0 Å². The monoisotopic (exact) mass is 454 g/mol. The summed E-state index contributed by atoms with van der Waals surface area (Å²) >= 11 is 0. The summed E-state index contributed by atoms with van der Waals surface area (Å²) < 4.78 is 5.27. The summed E-state index contributed by atoms with van der Waals surface area (Å²) in [6.45, 7) is 5.49. The number of carbonyl (C=O) groups excluding carboxylic acids is 2. The van der Waals surface area contributed by atoms with E-state index >= 15 is 0 Å². The zero-order chi connectivity index (χ0) is 23.5. The summed E-state index contributed by atoms with van der Waals surface area (Å²) in [4.78, 5) is 27.5. The van der Waals surface area contributed by atoms with E-state index in [4.69, 9.17) is 10.3 Å². The van der Waals surface area contributed by atoms with Gasteiger partial charge in [-0.2, -0.15) is 0 Å². The normalized spacial score (nSPS) is 17.9. The maximum absolute atomic E-state index is 13.1. The van der Waals surface area contributed by atoms with Crippen LogP contribution in [-0.4, -0.2) is 52.7 Å². The van der Waals surface area contributed by atoms with Crippen LogP contribution in [0.2, 0.25) is 0 Å². The van der Waals surface area contributed by atoms with Crippen molar-refractivity contribution in [2.75, 3.05) is 19.6 Å². The number of phenolic OH excluding ortho intramolecular Hbond substituents is 1. The van der Waals surface area contributed by atoms with E-state index in [0.29, 0.717) is 44.0 Å². The molecule has 2 fully saturated rings. The molecule has 0 radical (unpaired) electrons. The topological polar surface area (TPSA) is 122 Å². The molecule has 8 heteroatoms. The van der Waals surface area contributed by atoms with Gasteiger partial charge in [0.05, 0.1) is 5.92 Å². The SMILES string of the molecule is CC(C)c1cc(C[C@@H](CN)C(=O)N2CCC(NC(=O)c3cc(C4CC4)on3)CC2)ccc1O. The molecule has 4 N–H and O–H groups in total. The molecule has 2 aromatic rings. The van der Waals surface area contributed by atoms with Crippen molar-refractivity contribution in [1.82, 2.24) is 15.4 Å². The first kappa shape index (κ1) is 23.3. The van der Waals surface area contributed by atoms with Gasteiger partial charge in [0.25, 0.3) is 5.91 Å². The van der Waals surface area contributed by atoms with Gasteiger partial charge in [0.15, 0.2) is 5.69 Å². The molecule has 1 saturated carbocycles. The van der Waals surface area contributed by atoms with Crippen molar-refractivity contribution in [2.24, 2.45) is 11.7 Å². The van der Waals surface area contributed by atoms with Crippen molar-refractivity contribution < 1.29 is 19.2 Å². The fourth-order valence-electron chi connectivity index (χ4n) is 4.47. The number of aromatic nitrogens is 1. The van der Waals surface area contributed by atoms with Crippen LogP contribution in [0, 0.1) is 5.92 Å². The quantitative estimate of drug-likeness (QED) is 0.564. The lowest BCUT2D eigenvalue weighted by Gasteiger charge is -2.34. The molecule has 178 valence electrons. The van der Waals surface area contributed by atoms with Gasteiger partial charge in [-0.1, -0.05) is 31.1 Å². The first-order valence-electron chi connectivity index (χ1n) is 11.9. The molecule has 1 aromatic carbocycles. The fraction of sp³-hybridized carbons (Fsp3) is 0.560. The lowest BCUT2D eigenvalue weighted by molar-refractivity contribution is -0.136. The molecular weight excluding hydrogens is 420 g/mol. The number of rotatable bonds is 8. The Kier molecular flexibility index (Phi) is 7.02. The molecule has 2 heterocycles. The van der Waals surface area contributed by atoms with E-state index in [-0.39, 0.29) is 42.0 Å². The number of amides is 2. The molecule has 0 bridgehead atoms. The summed E-state index contributed by atoms with van der Waals surface area (Å²) in [6.07, 6.45) is 4.12. The van der Waals surface area contributed by atoms with Gasteiger partial charge in [-0.3, -0.25) is 9.59 Å². The standard InChI is InChI=1S/C25H34N4O4/c1-15(2)20-12-16(3-6-22(20)30)11-18(14-26)25(32)29-9-7-19(8-10-29)27-24(31)21-13-23(33-28-21)17-4-5-17/h3,6,12-13,15,17-19,30H,4-5,7-11,14,26H2,1-2H3,(H,27,31)/t18-/m0/s1. The molecule has 2 aliphatic rings. The Morgan fingerprint density at radius 2 is 1.94 bits per heavy atom. The van der Waals surface area contributed by atoms with Crippen molar-refractivity contribution >= 4 is 11.8 Å². The molecule has 0 spiro atoms. The zero-order valence-corrected chi connectivity index (χ0v) is 19.4. The van der Waals surface area contributed by atoms with E-state index in [9.17, 15) is 14.7 Å². The average molecular weight is 455 g/mol. The van der Waals surface area contributed by atoms with Crippen LogP contribution in [0.3, 0.4) is 0 Å². The van der Waals surface area contributed by atoms with Crippen molar-refractivity contribution in [1.29, 1.82) is 0 Å². The van der Waals surface area contributed by atoms with Crippen LogP contribution in [-0.2, 0) is 11.2 Å². The number of piperidine rings is 1. The smallest absolute Gasteiger partial charge is 0.273 e. The van der Waals surface area contributed by atoms with Crippen molar-refractivity contribution in [2.45, 2.75) is 63.8 Å². The Hall–Kier alpha value is -2.87. The summed E-state index contributed by atoms with van der Waals surface area (Å²) in [5.41, 5.74) is 8.18. The molecule has 1 aliphatic heterocycles. The minimum absolute atomic E-state index is 0.00431. The Bertz CT molecular complexity index is 990. The molecule has 4 rings (SSSR count). The van der Waals surface area contributed by atoms with Crippen molar-refractivity contribution in [3.63, 3.8) is 0 Å². The molecule has 1 aromatic heterocycles. The number of hydrogen-bond donors (Lipinski definition) is 3. The third-order valence-corrected chi connectivity index (χ3v) is 6.71. The van der Waals surface area contributed by atoms with E-state index in [1.807, 2.05) is 30.9 Å². The third-order valence-electron chi connectivity index (χ3n) is 6.71. The molecule has 33 heavy (non-hydrogen) atoms. The molecule has 8 nitrogen and oxygen atoms in total. The summed E-state index contributed by atoms with van der Waals surface area (Å²) in [6, 6.07) is 7.27. The maximum atomic E-state index is 13.1. The van der Waals surface area contributed by atoms with Gasteiger partial charge in [0.2, 0.25) is 5.91 Å². The zero-order valence-electron chi connectivity index (χ0n) is 19.4. The van der Waals surface area contributed by atoms with Gasteiger partial charge in [-0.25, -0.2) is 0 Å². The highest BCUT2D eigenvalue weighted by Gasteiger charge is 2.31. The number of nitrogens with one attached hydrogen (secondary N) is 1. The summed E-state index contributed by atoms with van der Waals surface area (Å²) in [7, 11) is 0. The molecule has 1 atom stereocenters. The third kappa shape index (κ3) is 5.55. The van der Waals surface area contributed by atoms with Gasteiger partial charge in [-0.15, -0.1) is 0 Å². The first-order chi connectivity index (χ1) is 15.9. The van der Waals surface area contributed by atoms with Crippen LogP contribution < -0.4 is 11.1 Å². The lowest BCUT2D eigenvalue weighted by Crippen LogP contribution is -2.49. The van der Waals surface area contributed by atoms with E-state index < -0.39 is 0 Å². The first-order valence-corrected chi connectivity index (χ1v) is 11.9. The number of nitrogens with zero attached hydrogens (tertiary/aromatic N) is 2. The number of aromatic hydroxyl groups is 1. The van der Waals surface area contributed by atoms with Crippen LogP contribution in [0.25, 0.3) is 0 Å². The summed E-state index contributed by atoms with van der Waals surface area (Å²) in [5, 5.41) is 17.0.